The van der Waals surface area contributed by atoms with Crippen LogP contribution in [0.1, 0.15) is 39.0 Å². The van der Waals surface area contributed by atoms with Crippen LogP contribution < -0.4 is 0 Å². The van der Waals surface area contributed by atoms with E-state index in [0.717, 1.165) is 19.3 Å². The van der Waals surface area contributed by atoms with Crippen LogP contribution in [-0.2, 0) is 14.3 Å². The lowest BCUT2D eigenvalue weighted by Crippen LogP contribution is -2.63. The van der Waals surface area contributed by atoms with Crippen molar-refractivity contribution in [1.82, 2.24) is 0 Å². The zero-order chi connectivity index (χ0) is 16.8. The van der Waals surface area contributed by atoms with Crippen molar-refractivity contribution in [3.8, 4) is 0 Å². The minimum absolute atomic E-state index is 0.449. The molecule has 2 atom stereocenters. The molecule has 2 rings (SSSR count). The summed E-state index contributed by atoms with van der Waals surface area (Å²) in [5, 5.41) is 9.23. The molecule has 0 bridgehead atoms. The van der Waals surface area contributed by atoms with Gasteiger partial charge in [0.05, 0.1) is 12.5 Å². The second-order valence-electron chi connectivity index (χ2n) is 5.99. The predicted molar refractivity (Wildman–Crippen MR) is 63.0 cm³/mol. The minimum Gasteiger partial charge on any atom is -0.450 e. The van der Waals surface area contributed by atoms with Crippen LogP contribution >= 0.6 is 0 Å². The van der Waals surface area contributed by atoms with Crippen molar-refractivity contribution < 1.29 is 41.3 Å². The Morgan fingerprint density at radius 1 is 1.23 bits per heavy atom. The molecule has 0 spiro atoms. The van der Waals surface area contributed by atoms with Crippen LogP contribution in [0.2, 0.25) is 0 Å². The van der Waals surface area contributed by atoms with Gasteiger partial charge in [0.15, 0.2) is 0 Å². The molecule has 1 saturated carbocycles. The molecule has 0 aromatic rings. The van der Waals surface area contributed by atoms with E-state index < -0.39 is 42.0 Å². The summed E-state index contributed by atoms with van der Waals surface area (Å²) in [7, 11) is 0. The summed E-state index contributed by atoms with van der Waals surface area (Å²) in [5.41, 5.74) is -2.87. The average molecular weight is 332 g/mol. The van der Waals surface area contributed by atoms with Crippen molar-refractivity contribution >= 4 is 5.97 Å². The molecule has 22 heavy (non-hydrogen) atoms. The topological polar surface area (TPSA) is 55.8 Å². The van der Waals surface area contributed by atoms with Crippen molar-refractivity contribution in [2.45, 2.75) is 62.5 Å². The van der Waals surface area contributed by atoms with Gasteiger partial charge in [-0.25, -0.2) is 0 Å². The van der Waals surface area contributed by atoms with E-state index in [1.54, 1.807) is 0 Å². The van der Waals surface area contributed by atoms with Gasteiger partial charge in [-0.3, -0.25) is 4.79 Å². The third kappa shape index (κ3) is 2.47. The molecule has 1 aliphatic heterocycles. The lowest BCUT2D eigenvalue weighted by molar-refractivity contribution is -0.409. The number of halogens is 5. The van der Waals surface area contributed by atoms with Gasteiger partial charge in [0.2, 0.25) is 5.60 Å². The zero-order valence-corrected chi connectivity index (χ0v) is 11.9. The van der Waals surface area contributed by atoms with E-state index >= 15 is 0 Å². The molecule has 1 saturated heterocycles. The molecule has 0 aromatic carbocycles. The molecule has 1 aliphatic carbocycles. The van der Waals surface area contributed by atoms with Gasteiger partial charge in [0, 0.05) is 0 Å². The Labute approximate surface area is 123 Å². The third-order valence-corrected chi connectivity index (χ3v) is 4.29. The maximum atomic E-state index is 14.1. The summed E-state index contributed by atoms with van der Waals surface area (Å²) in [6.45, 7) is -0.605. The number of rotatable bonds is 2. The Hall–Kier alpha value is -0.960. The molecule has 2 aliphatic rings. The Kier molecular flexibility index (Phi) is 4.19. The fourth-order valence-electron chi connectivity index (χ4n) is 2.78. The van der Waals surface area contributed by atoms with Crippen LogP contribution in [0.5, 0.6) is 0 Å². The van der Waals surface area contributed by atoms with Gasteiger partial charge in [-0.1, -0.05) is 19.3 Å². The van der Waals surface area contributed by atoms with E-state index in [0.29, 0.717) is 19.8 Å². The number of esters is 1. The average Bonchev–Trinajstić information content (AvgIpc) is 2.61. The number of alkyl halides is 5. The first-order valence-corrected chi connectivity index (χ1v) is 6.98. The summed E-state index contributed by atoms with van der Waals surface area (Å²) in [6.07, 6.45) is -2.44. The fraction of sp³-hybridized carbons (Fsp3) is 0.923. The van der Waals surface area contributed by atoms with E-state index in [1.807, 2.05) is 0 Å². The van der Waals surface area contributed by atoms with Gasteiger partial charge in [0.1, 0.15) is 0 Å². The first-order chi connectivity index (χ1) is 9.95. The van der Waals surface area contributed by atoms with Crippen molar-refractivity contribution in [2.24, 2.45) is 5.92 Å². The van der Waals surface area contributed by atoms with E-state index in [9.17, 15) is 31.9 Å². The number of hydrogen-bond acceptors (Lipinski definition) is 4. The van der Waals surface area contributed by atoms with Crippen molar-refractivity contribution in [1.29, 1.82) is 0 Å². The molecule has 128 valence electrons. The number of ether oxygens (including phenoxy) is 2. The molecular weight excluding hydrogens is 315 g/mol. The van der Waals surface area contributed by atoms with Crippen LogP contribution in [0.3, 0.4) is 0 Å². The lowest BCUT2D eigenvalue weighted by atomic mass is 9.88. The Morgan fingerprint density at radius 3 is 2.23 bits per heavy atom. The van der Waals surface area contributed by atoms with Crippen LogP contribution in [0, 0.1) is 5.92 Å². The smallest absolute Gasteiger partial charge is 0.449 e. The first-order valence-electron chi connectivity index (χ1n) is 6.98. The highest BCUT2D eigenvalue weighted by atomic mass is 19.4. The van der Waals surface area contributed by atoms with E-state index in [4.69, 9.17) is 0 Å². The molecule has 0 radical (unpaired) electrons. The summed E-state index contributed by atoms with van der Waals surface area (Å²) in [5.74, 6) is -11.1. The quantitative estimate of drug-likeness (QED) is 0.624. The number of carbonyl (C=O) groups is 1. The van der Waals surface area contributed by atoms with Gasteiger partial charge in [-0.05, 0) is 19.8 Å². The predicted octanol–water partition coefficient (Wildman–Crippen LogP) is 2.79. The van der Waals surface area contributed by atoms with E-state index in [-0.39, 0.29) is 0 Å². The highest BCUT2D eigenvalue weighted by molar-refractivity contribution is 5.73. The second-order valence-corrected chi connectivity index (χ2v) is 5.99. The van der Waals surface area contributed by atoms with Crippen LogP contribution in [0.15, 0.2) is 0 Å². The molecule has 4 nitrogen and oxygen atoms in total. The van der Waals surface area contributed by atoms with Crippen molar-refractivity contribution in [3.05, 3.63) is 0 Å². The monoisotopic (exact) mass is 332 g/mol. The van der Waals surface area contributed by atoms with Gasteiger partial charge in [-0.2, -0.15) is 22.0 Å². The largest absolute Gasteiger partial charge is 0.450 e. The summed E-state index contributed by atoms with van der Waals surface area (Å²) in [4.78, 5) is 11.9. The molecular formula is C13H17F5O4. The number of aliphatic hydroxyl groups is 1. The zero-order valence-electron chi connectivity index (χ0n) is 11.9. The highest BCUT2D eigenvalue weighted by Gasteiger charge is 2.82. The maximum Gasteiger partial charge on any atom is 0.449 e. The Bertz CT molecular complexity index is 446. The standard InChI is InChI=1S/C13H17F5O4/c1-10(22-9(19)8-5-3-2-4-6-8)7-21-12(20,11(10,14)15)13(16,17)18/h8,20H,2-7H2,1H3. The molecule has 1 N–H and O–H groups in total. The highest BCUT2D eigenvalue weighted by Crippen LogP contribution is 2.54. The van der Waals surface area contributed by atoms with Crippen LogP contribution in [-0.4, -0.2) is 41.2 Å². The fourth-order valence-corrected chi connectivity index (χ4v) is 2.78. The SMILES string of the molecule is CC1(OC(=O)C2CCCCC2)COC(O)(C(F)(F)F)C1(F)F. The molecule has 0 aromatic heterocycles. The second kappa shape index (κ2) is 5.30. The normalized spacial score (nSPS) is 36.3. The van der Waals surface area contributed by atoms with E-state index in [2.05, 4.69) is 9.47 Å². The maximum absolute atomic E-state index is 14.1. The van der Waals surface area contributed by atoms with Crippen LogP contribution in [0.25, 0.3) is 0 Å². The molecule has 1 heterocycles. The van der Waals surface area contributed by atoms with Gasteiger partial charge >= 0.3 is 23.9 Å². The van der Waals surface area contributed by atoms with Crippen molar-refractivity contribution in [3.63, 3.8) is 0 Å². The lowest BCUT2D eigenvalue weighted by Gasteiger charge is -2.36. The van der Waals surface area contributed by atoms with Crippen LogP contribution in [0.4, 0.5) is 22.0 Å². The van der Waals surface area contributed by atoms with Gasteiger partial charge in [-0.15, -0.1) is 0 Å². The molecule has 2 unspecified atom stereocenters. The Morgan fingerprint density at radius 2 is 1.77 bits per heavy atom. The summed E-state index contributed by atoms with van der Waals surface area (Å²) >= 11 is 0. The number of hydrogen-bond donors (Lipinski definition) is 1. The van der Waals surface area contributed by atoms with Crippen molar-refractivity contribution in [2.75, 3.05) is 6.61 Å². The van der Waals surface area contributed by atoms with E-state index in [1.165, 1.54) is 0 Å². The third-order valence-electron chi connectivity index (χ3n) is 4.29. The molecule has 2 fully saturated rings. The first kappa shape index (κ1) is 17.4. The minimum atomic E-state index is -5.72. The molecule has 9 heteroatoms. The molecule has 0 amide bonds. The Balaban J connectivity index is 2.18. The summed E-state index contributed by atoms with van der Waals surface area (Å²) in [6, 6.07) is 0. The summed E-state index contributed by atoms with van der Waals surface area (Å²) < 4.78 is 74.8. The van der Waals surface area contributed by atoms with Gasteiger partial charge < -0.3 is 14.6 Å². The number of carbonyl (C=O) groups excluding carboxylic acids is 1. The van der Waals surface area contributed by atoms with Gasteiger partial charge in [0.25, 0.3) is 0 Å².